The van der Waals surface area contributed by atoms with Crippen LogP contribution in [0.15, 0.2) is 0 Å². The minimum absolute atomic E-state index is 0. The van der Waals surface area contributed by atoms with Gasteiger partial charge in [0.2, 0.25) is 0 Å². The van der Waals surface area contributed by atoms with E-state index < -0.39 is 6.16 Å². The maximum absolute atomic E-state index is 8.33. The molecule has 0 rings (SSSR count). The van der Waals surface area contributed by atoms with E-state index in [1.165, 1.54) is 0 Å². The summed E-state index contributed by atoms with van der Waals surface area (Å²) >= 11 is 0. The molecule has 0 saturated heterocycles. The summed E-state index contributed by atoms with van der Waals surface area (Å²) in [5, 5.41) is 22.9. The number of carboxylic acid groups (broad SMARTS) is 2. The molecule has 0 atom stereocenters. The predicted octanol–water partition coefficient (Wildman–Crippen LogP) is -11.3. The number of hydrogen-bond acceptors (Lipinski definition) is 4. The second kappa shape index (κ2) is 33.1. The second-order valence-electron chi connectivity index (χ2n) is 0.250. The average molecular weight is 155 g/mol. The number of carbonyl (C=O) groups is 1. The molecule has 34 valence electrons. The van der Waals surface area contributed by atoms with Gasteiger partial charge in [-0.25, -0.2) is 0 Å². The maximum atomic E-state index is 8.33. The fraction of sp³-hybridized carbons (Fsp3) is 0. The molecule has 4 nitrogen and oxygen atoms in total. The molecule has 7 heteroatoms. The van der Waals surface area contributed by atoms with E-state index in [9.17, 15) is 0 Å². The topological polar surface area (TPSA) is 87.0 Å². The Labute approximate surface area is 119 Å². The summed E-state index contributed by atoms with van der Waals surface area (Å²) in [6, 6.07) is 0. The molecule has 0 amide bonds. The third-order valence-electron chi connectivity index (χ3n) is 0. The van der Waals surface area contributed by atoms with Crippen LogP contribution in [0.4, 0.5) is 4.79 Å². The van der Waals surface area contributed by atoms with Crippen LogP contribution in [0.3, 0.4) is 0 Å². The van der Waals surface area contributed by atoms with Gasteiger partial charge in [0.1, 0.15) is 0 Å². The van der Waals surface area contributed by atoms with Gasteiger partial charge < -0.3 is 26.8 Å². The molecule has 0 aliphatic carbocycles. The van der Waals surface area contributed by atoms with Gasteiger partial charge in [0.25, 0.3) is 0 Å². The van der Waals surface area contributed by atoms with Crippen molar-refractivity contribution >= 4 is 6.16 Å². The van der Waals surface area contributed by atoms with Crippen molar-refractivity contribution in [3.8, 4) is 0 Å². The molecule has 0 bridgehead atoms. The first kappa shape index (κ1) is 30.9. The first-order valence-electron chi connectivity index (χ1n) is 0.836. The van der Waals surface area contributed by atoms with Crippen LogP contribution in [0.1, 0.15) is 0 Å². The van der Waals surface area contributed by atoms with E-state index in [4.69, 9.17) is 26.8 Å². The molecule has 0 N–H and O–H groups in total. The Morgan fingerprint density at radius 1 is 1.11 bits per heavy atom. The maximum Gasteiger partial charge on any atom is 1.00 e. The Balaban J connectivity index is -0.00000000990. The van der Waals surface area contributed by atoms with Crippen LogP contribution in [0.2, 0.25) is 0 Å². The van der Waals surface area contributed by atoms with Crippen molar-refractivity contribution in [1.29, 1.82) is 5.26 Å². The van der Waals surface area contributed by atoms with Gasteiger partial charge in [0, 0.05) is 0 Å². The molecule has 0 spiro atoms. The van der Waals surface area contributed by atoms with Gasteiger partial charge in [0.15, 0.2) is 0 Å². The summed E-state index contributed by atoms with van der Waals surface area (Å²) in [5.74, 6) is 0. The Morgan fingerprint density at radius 2 is 1.11 bits per heavy atom. The molecule has 0 aromatic heterocycles. The zero-order valence-corrected chi connectivity index (χ0v) is 11.7. The van der Waals surface area contributed by atoms with Gasteiger partial charge >= 0.3 is 88.7 Å². The Morgan fingerprint density at radius 3 is 1.11 bits per heavy atom. The molecule has 0 heterocycles. The summed E-state index contributed by atoms with van der Waals surface area (Å²) < 4.78 is 0. The van der Waals surface area contributed by atoms with Gasteiger partial charge in [-0.3, -0.25) is 0 Å². The van der Waals surface area contributed by atoms with Gasteiger partial charge in [0.05, 0.1) is 0 Å². The zero-order chi connectivity index (χ0) is 5.58. The van der Waals surface area contributed by atoms with E-state index >= 15 is 0 Å². The van der Waals surface area contributed by atoms with Crippen LogP contribution in [0.25, 0.3) is 0 Å². The molecular formula is C2NNa3O3. The van der Waals surface area contributed by atoms with Crippen LogP contribution in [0.5, 0.6) is 0 Å². The van der Waals surface area contributed by atoms with Crippen molar-refractivity contribution in [1.82, 2.24) is 0 Å². The molecule has 0 radical (unpaired) electrons. The smallest absolute Gasteiger partial charge is 0.652 e. The van der Waals surface area contributed by atoms with E-state index in [-0.39, 0.29) is 88.7 Å². The fourth-order valence-corrected chi connectivity index (χ4v) is 0. The van der Waals surface area contributed by atoms with Crippen molar-refractivity contribution in [2.24, 2.45) is 0 Å². The summed E-state index contributed by atoms with van der Waals surface area (Å²) in [6.45, 7) is 4.75. The van der Waals surface area contributed by atoms with Crippen LogP contribution in [-0.2, 0) is 0 Å². The standard InChI is InChI=1S/CN.CH2O3.3Na/c1-2;2-1(3)4;;;/h;(H2,2,3,4);;;/q-1;;3*+1/p-2. The summed E-state index contributed by atoms with van der Waals surface area (Å²) in [5.41, 5.74) is 0. The third kappa shape index (κ3) is 190. The number of nitrogens with zero attached hydrogens (tertiary/aromatic N) is 1. The summed E-state index contributed by atoms with van der Waals surface area (Å²) in [7, 11) is 0. The van der Waals surface area contributed by atoms with E-state index in [1.807, 2.05) is 0 Å². The molecule has 0 unspecified atom stereocenters. The van der Waals surface area contributed by atoms with E-state index in [2.05, 4.69) is 0 Å². The predicted molar refractivity (Wildman–Crippen MR) is 10.4 cm³/mol. The SMILES string of the molecule is O=C([O-])[O-].[C-]#N.[Na+].[Na+].[Na+]. The van der Waals surface area contributed by atoms with Crippen LogP contribution in [-0.4, -0.2) is 6.16 Å². The first-order chi connectivity index (χ1) is 2.73. The molecule has 0 aromatic carbocycles. The van der Waals surface area contributed by atoms with E-state index in [1.54, 1.807) is 0 Å². The van der Waals surface area contributed by atoms with Gasteiger partial charge in [-0.2, -0.15) is 0 Å². The Hall–Kier alpha value is 1.76. The number of carbonyl (C=O) groups excluding carboxylic acids is 1. The normalized spacial score (nSPS) is 2.89. The zero-order valence-electron chi connectivity index (χ0n) is 5.67. The third-order valence-corrected chi connectivity index (χ3v) is 0. The average Bonchev–Trinajstić information content (AvgIpc) is 1.41. The number of hydrogen-bond donors (Lipinski definition) is 0. The first-order valence-corrected chi connectivity index (χ1v) is 0.836. The van der Waals surface area contributed by atoms with Crippen molar-refractivity contribution in [2.75, 3.05) is 0 Å². The Bertz CT molecular complexity index is 61.3. The van der Waals surface area contributed by atoms with Gasteiger partial charge in [-0.05, 0) is 6.16 Å². The molecule has 0 aliphatic rings. The quantitative estimate of drug-likeness (QED) is 0.256. The van der Waals surface area contributed by atoms with Gasteiger partial charge in [-0.1, -0.05) is 0 Å². The summed E-state index contributed by atoms with van der Waals surface area (Å²) in [4.78, 5) is 8.33. The van der Waals surface area contributed by atoms with Crippen molar-refractivity contribution in [3.63, 3.8) is 0 Å². The van der Waals surface area contributed by atoms with E-state index in [0.29, 0.717) is 0 Å². The van der Waals surface area contributed by atoms with Crippen molar-refractivity contribution < 1.29 is 104 Å². The van der Waals surface area contributed by atoms with Crippen molar-refractivity contribution in [2.45, 2.75) is 0 Å². The molecule has 0 aromatic rings. The fourth-order valence-electron chi connectivity index (χ4n) is 0. The minimum atomic E-state index is -2.33. The van der Waals surface area contributed by atoms with Crippen molar-refractivity contribution in [3.05, 3.63) is 6.57 Å². The van der Waals surface area contributed by atoms with Gasteiger partial charge in [-0.15, -0.1) is 0 Å². The molecule has 9 heavy (non-hydrogen) atoms. The minimum Gasteiger partial charge on any atom is -0.652 e. The van der Waals surface area contributed by atoms with Crippen LogP contribution < -0.4 is 98.9 Å². The largest absolute Gasteiger partial charge is 1.00 e. The van der Waals surface area contributed by atoms with Crippen LogP contribution in [0, 0.1) is 11.8 Å². The summed E-state index contributed by atoms with van der Waals surface area (Å²) in [6.07, 6.45) is -2.33. The molecule has 0 fully saturated rings. The molecular weight excluding hydrogens is 155 g/mol. The molecule has 0 aliphatic heterocycles. The number of rotatable bonds is 0. The van der Waals surface area contributed by atoms with Crippen LogP contribution >= 0.6 is 0 Å². The second-order valence-corrected chi connectivity index (χ2v) is 0.250. The van der Waals surface area contributed by atoms with E-state index in [0.717, 1.165) is 0 Å². The monoisotopic (exact) mass is 155 g/mol. The molecule has 0 saturated carbocycles. The Kier molecular flexibility index (Phi) is 113.